The van der Waals surface area contributed by atoms with Crippen LogP contribution in [0.1, 0.15) is 17.3 Å². The fraction of sp³-hybridized carbons (Fsp3) is 0.364. The van der Waals surface area contributed by atoms with Gasteiger partial charge in [0.25, 0.3) is 5.91 Å². The molecule has 2 aliphatic heterocycles. The molecular weight excluding hydrogens is 418 g/mol. The van der Waals surface area contributed by atoms with Crippen LogP contribution in [0.15, 0.2) is 35.2 Å². The Hall–Kier alpha value is -2.75. The SMILES string of the molecule is C/C=S(/c1cc(C(N)=O)c(N2CCOCC2)cc1Oc1ccc2c(c1)OCO2)N(C)C. The van der Waals surface area contributed by atoms with E-state index in [1.807, 2.05) is 51.4 Å². The smallest absolute Gasteiger partial charge is 0.250 e. The van der Waals surface area contributed by atoms with Crippen LogP contribution in [0, 0.1) is 0 Å². The molecule has 0 aliphatic carbocycles. The number of nitrogens with zero attached hydrogens (tertiary/aromatic N) is 2. The second-order valence-corrected chi connectivity index (χ2v) is 9.53. The van der Waals surface area contributed by atoms with Gasteiger partial charge in [-0.1, -0.05) is 10.7 Å². The van der Waals surface area contributed by atoms with E-state index in [9.17, 15) is 4.79 Å². The molecule has 2 aromatic rings. The van der Waals surface area contributed by atoms with Crippen LogP contribution in [0.25, 0.3) is 0 Å². The van der Waals surface area contributed by atoms with E-state index < -0.39 is 16.6 Å². The van der Waals surface area contributed by atoms with Gasteiger partial charge in [0.05, 0.1) is 29.4 Å². The molecule has 0 saturated carbocycles. The molecule has 0 radical (unpaired) electrons. The van der Waals surface area contributed by atoms with Gasteiger partial charge in [-0.2, -0.15) is 0 Å². The van der Waals surface area contributed by atoms with Gasteiger partial charge in [-0.05, 0) is 44.6 Å². The standard InChI is InChI=1S/C22H27N3O5S/c1-4-31(24(2)3)21-12-16(22(23)26)17(25-7-9-27-10-8-25)13-20(21)30-15-5-6-18-19(11-15)29-14-28-18/h4-6,11-13H,7-10,14H2,1-3H3,(H2,23,26). The molecule has 1 saturated heterocycles. The number of morpholine rings is 1. The van der Waals surface area contributed by atoms with Crippen LogP contribution in [0.2, 0.25) is 0 Å². The molecule has 9 heteroatoms. The van der Waals surface area contributed by atoms with Crippen molar-refractivity contribution in [1.29, 1.82) is 0 Å². The van der Waals surface area contributed by atoms with Crippen LogP contribution in [0.5, 0.6) is 23.0 Å². The summed E-state index contributed by atoms with van der Waals surface area (Å²) >= 11 is 0. The van der Waals surface area contributed by atoms with Gasteiger partial charge in [0, 0.05) is 25.2 Å². The van der Waals surface area contributed by atoms with E-state index in [-0.39, 0.29) is 6.79 Å². The van der Waals surface area contributed by atoms with Crippen LogP contribution in [-0.2, 0) is 4.74 Å². The summed E-state index contributed by atoms with van der Waals surface area (Å²) in [6, 6.07) is 9.26. The Morgan fingerprint density at radius 3 is 2.58 bits per heavy atom. The first-order chi connectivity index (χ1) is 15.0. The average Bonchev–Trinajstić information content (AvgIpc) is 3.23. The first-order valence-corrected chi connectivity index (χ1v) is 11.3. The van der Waals surface area contributed by atoms with E-state index in [0.29, 0.717) is 54.9 Å². The van der Waals surface area contributed by atoms with Crippen molar-refractivity contribution >= 4 is 27.6 Å². The molecule has 1 unspecified atom stereocenters. The van der Waals surface area contributed by atoms with Crippen LogP contribution in [0.4, 0.5) is 5.69 Å². The molecule has 1 atom stereocenters. The predicted octanol–water partition coefficient (Wildman–Crippen LogP) is 3.07. The Balaban J connectivity index is 1.82. The van der Waals surface area contributed by atoms with Crippen molar-refractivity contribution in [3.05, 3.63) is 35.9 Å². The normalized spacial score (nSPS) is 16.6. The predicted molar refractivity (Wildman–Crippen MR) is 122 cm³/mol. The number of primary amides is 1. The summed E-state index contributed by atoms with van der Waals surface area (Å²) in [5.41, 5.74) is 7.02. The number of amides is 1. The summed E-state index contributed by atoms with van der Waals surface area (Å²) in [4.78, 5) is 15.4. The van der Waals surface area contributed by atoms with Gasteiger partial charge in [-0.25, -0.2) is 0 Å². The van der Waals surface area contributed by atoms with Crippen LogP contribution in [0.3, 0.4) is 0 Å². The molecule has 2 heterocycles. The number of carbonyl (C=O) groups excluding carboxylic acids is 1. The molecule has 4 rings (SSSR count). The van der Waals surface area contributed by atoms with Gasteiger partial charge < -0.3 is 29.6 Å². The molecule has 8 nitrogen and oxygen atoms in total. The maximum absolute atomic E-state index is 12.4. The quantitative estimate of drug-likeness (QED) is 0.684. The van der Waals surface area contributed by atoms with Crippen LogP contribution in [-0.4, -0.2) is 62.8 Å². The minimum absolute atomic E-state index is 0.202. The molecule has 2 aromatic carbocycles. The molecule has 2 aliphatic rings. The molecule has 0 aromatic heterocycles. The molecule has 1 amide bonds. The second kappa shape index (κ2) is 9.17. The molecule has 0 bridgehead atoms. The lowest BCUT2D eigenvalue weighted by atomic mass is 10.1. The van der Waals surface area contributed by atoms with E-state index >= 15 is 0 Å². The van der Waals surface area contributed by atoms with E-state index in [4.69, 9.17) is 24.7 Å². The van der Waals surface area contributed by atoms with Gasteiger partial charge in [-0.3, -0.25) is 9.10 Å². The van der Waals surface area contributed by atoms with E-state index in [2.05, 4.69) is 14.6 Å². The Morgan fingerprint density at radius 2 is 1.90 bits per heavy atom. The monoisotopic (exact) mass is 445 g/mol. The fourth-order valence-electron chi connectivity index (χ4n) is 3.66. The Kier molecular flexibility index (Phi) is 6.35. The summed E-state index contributed by atoms with van der Waals surface area (Å²) in [5.74, 6) is 2.18. The zero-order valence-electron chi connectivity index (χ0n) is 17.9. The van der Waals surface area contributed by atoms with Gasteiger partial charge in [0.15, 0.2) is 11.5 Å². The maximum atomic E-state index is 12.4. The number of rotatable bonds is 6. The lowest BCUT2D eigenvalue weighted by Gasteiger charge is -2.31. The number of anilines is 1. The molecule has 2 N–H and O–H groups in total. The number of ether oxygens (including phenoxy) is 4. The first-order valence-electron chi connectivity index (χ1n) is 10.1. The largest absolute Gasteiger partial charge is 0.456 e. The maximum Gasteiger partial charge on any atom is 0.250 e. The van der Waals surface area contributed by atoms with Gasteiger partial charge in [-0.15, -0.1) is 0 Å². The van der Waals surface area contributed by atoms with E-state index in [1.54, 1.807) is 0 Å². The highest BCUT2D eigenvalue weighted by atomic mass is 32.2. The number of benzene rings is 2. The van der Waals surface area contributed by atoms with Crippen molar-refractivity contribution in [1.82, 2.24) is 4.31 Å². The van der Waals surface area contributed by atoms with Crippen LogP contribution >= 0.6 is 10.7 Å². The molecular formula is C22H27N3O5S. The van der Waals surface area contributed by atoms with Crippen molar-refractivity contribution in [3.63, 3.8) is 0 Å². The molecule has 1 fully saturated rings. The summed E-state index contributed by atoms with van der Waals surface area (Å²) in [6.07, 6.45) is 0. The third-order valence-corrected chi connectivity index (χ3v) is 7.10. The number of hydrogen-bond acceptors (Lipinski definition) is 7. The number of nitrogens with two attached hydrogens (primary N) is 1. The highest BCUT2D eigenvalue weighted by Gasteiger charge is 2.23. The highest BCUT2D eigenvalue weighted by molar-refractivity contribution is 8.13. The number of fused-ring (bicyclic) bond motifs is 1. The van der Waals surface area contributed by atoms with Gasteiger partial charge in [0.1, 0.15) is 11.5 Å². The number of hydrogen-bond donors (Lipinski definition) is 1. The summed E-state index contributed by atoms with van der Waals surface area (Å²) in [7, 11) is 3.59. The van der Waals surface area contributed by atoms with Crippen LogP contribution < -0.4 is 24.8 Å². The van der Waals surface area contributed by atoms with Gasteiger partial charge >= 0.3 is 0 Å². The molecule has 31 heavy (non-hydrogen) atoms. The van der Waals surface area contributed by atoms with E-state index in [1.165, 1.54) is 0 Å². The minimum Gasteiger partial charge on any atom is -0.456 e. The third kappa shape index (κ3) is 4.48. The lowest BCUT2D eigenvalue weighted by molar-refractivity contribution is 0.0998. The zero-order valence-corrected chi connectivity index (χ0v) is 18.7. The molecule has 0 spiro atoms. The topological polar surface area (TPSA) is 86.5 Å². The Labute approximate surface area is 184 Å². The lowest BCUT2D eigenvalue weighted by Crippen LogP contribution is -2.37. The van der Waals surface area contributed by atoms with Crippen molar-refractivity contribution < 1.29 is 23.7 Å². The fourth-order valence-corrected chi connectivity index (χ4v) is 5.27. The average molecular weight is 446 g/mol. The first kappa shape index (κ1) is 21.5. The Bertz CT molecular complexity index is 1020. The zero-order chi connectivity index (χ0) is 22.0. The Morgan fingerprint density at radius 1 is 1.16 bits per heavy atom. The van der Waals surface area contributed by atoms with Crippen molar-refractivity contribution in [2.75, 3.05) is 52.1 Å². The minimum atomic E-state index is -0.462. The summed E-state index contributed by atoms with van der Waals surface area (Å²) in [6.45, 7) is 4.76. The summed E-state index contributed by atoms with van der Waals surface area (Å²) in [5, 5.41) is 2.08. The van der Waals surface area contributed by atoms with Crippen molar-refractivity contribution in [2.45, 2.75) is 11.8 Å². The van der Waals surface area contributed by atoms with Crippen molar-refractivity contribution in [3.8, 4) is 23.0 Å². The molecule has 166 valence electrons. The number of carbonyl (C=O) groups is 1. The second-order valence-electron chi connectivity index (χ2n) is 7.26. The summed E-state index contributed by atoms with van der Waals surface area (Å²) < 4.78 is 24.8. The van der Waals surface area contributed by atoms with Gasteiger partial charge in [0.2, 0.25) is 6.79 Å². The third-order valence-electron chi connectivity index (χ3n) is 5.09. The van der Waals surface area contributed by atoms with Crippen molar-refractivity contribution in [2.24, 2.45) is 5.73 Å². The highest BCUT2D eigenvalue weighted by Crippen LogP contribution is 2.44. The van der Waals surface area contributed by atoms with E-state index in [0.717, 1.165) is 10.6 Å².